The van der Waals surface area contributed by atoms with Gasteiger partial charge in [0.25, 0.3) is 0 Å². The van der Waals surface area contributed by atoms with Crippen LogP contribution >= 0.6 is 0 Å². The molecule has 8 N–H and O–H groups in total. The van der Waals surface area contributed by atoms with Gasteiger partial charge < -0.3 is 40.9 Å². The zero-order valence-corrected chi connectivity index (χ0v) is 18.8. The van der Waals surface area contributed by atoms with E-state index in [2.05, 4.69) is 0 Å². The highest BCUT2D eigenvalue weighted by Crippen LogP contribution is 2.21. The summed E-state index contributed by atoms with van der Waals surface area (Å²) >= 11 is 0. The number of phenols is 2. The summed E-state index contributed by atoms with van der Waals surface area (Å²) in [7, 11) is 0. The van der Waals surface area contributed by atoms with Gasteiger partial charge in [-0.25, -0.2) is 28.8 Å². The number of rotatable bonds is 6. The minimum atomic E-state index is -1.48. The number of benzene rings is 3. The molecule has 0 saturated carbocycles. The van der Waals surface area contributed by atoms with E-state index in [4.69, 9.17) is 40.9 Å². The van der Waals surface area contributed by atoms with Crippen molar-refractivity contribution in [3.63, 3.8) is 0 Å². The van der Waals surface area contributed by atoms with Crippen molar-refractivity contribution in [1.82, 2.24) is 0 Å². The zero-order valence-electron chi connectivity index (χ0n) is 18.8. The fourth-order valence-electron chi connectivity index (χ4n) is 2.55. The molecule has 198 valence electrons. The van der Waals surface area contributed by atoms with Crippen LogP contribution in [0.3, 0.4) is 0 Å². The maximum atomic E-state index is 10.6. The lowest BCUT2D eigenvalue weighted by Crippen LogP contribution is -2.10. The molecule has 0 amide bonds. The molecule has 0 atom stereocenters. The highest BCUT2D eigenvalue weighted by Gasteiger charge is 2.19. The molecule has 0 heterocycles. The first-order valence-corrected chi connectivity index (χ1v) is 9.82. The quantitative estimate of drug-likeness (QED) is 0.213. The number of carboxylic acid groups (broad SMARTS) is 6. The lowest BCUT2D eigenvalue weighted by atomic mass is 10.0. The smallest absolute Gasteiger partial charge is 0.336 e. The van der Waals surface area contributed by atoms with Crippen LogP contribution in [-0.4, -0.2) is 76.7 Å². The number of phenolic OH excluding ortho intramolecular Hbond substituents is 2. The Morgan fingerprint density at radius 1 is 0.395 bits per heavy atom. The van der Waals surface area contributed by atoms with E-state index in [9.17, 15) is 28.8 Å². The summed E-state index contributed by atoms with van der Waals surface area (Å²) in [5.74, 6) is -8.55. The number of hydrogen-bond acceptors (Lipinski definition) is 8. The topological polar surface area (TPSA) is 264 Å². The summed E-state index contributed by atoms with van der Waals surface area (Å²) in [5, 5.41) is 69.1. The van der Waals surface area contributed by atoms with Gasteiger partial charge in [0.2, 0.25) is 0 Å². The van der Waals surface area contributed by atoms with Crippen molar-refractivity contribution in [2.45, 2.75) is 0 Å². The van der Waals surface area contributed by atoms with E-state index in [1.165, 1.54) is 12.1 Å². The highest BCUT2D eigenvalue weighted by atomic mass is 16.4. The van der Waals surface area contributed by atoms with Crippen molar-refractivity contribution >= 4 is 35.8 Å². The summed E-state index contributed by atoms with van der Waals surface area (Å²) in [6.45, 7) is 0. The molecule has 3 aromatic rings. The summed E-state index contributed by atoms with van der Waals surface area (Å²) < 4.78 is 0. The highest BCUT2D eigenvalue weighted by molar-refractivity contribution is 6.04. The standard InChI is InChI=1S/2C9H6O6.C6H6O2/c2*10-7(11)4-1-2-5(8(12)13)6(3-4)9(14)15;7-5-3-1-2-4-6(5)8/h2*1-3H,(H,10,11)(H,12,13)(H,14,15);1-4,7-8H. The van der Waals surface area contributed by atoms with Gasteiger partial charge >= 0.3 is 35.8 Å². The van der Waals surface area contributed by atoms with Crippen LogP contribution in [0, 0.1) is 0 Å². The molecule has 0 aromatic heterocycles. The fourth-order valence-corrected chi connectivity index (χ4v) is 2.55. The third-order valence-electron chi connectivity index (χ3n) is 4.34. The van der Waals surface area contributed by atoms with Crippen LogP contribution < -0.4 is 0 Å². The van der Waals surface area contributed by atoms with Crippen LogP contribution in [0.4, 0.5) is 0 Å². The summed E-state index contributed by atoms with van der Waals surface area (Å²) in [4.78, 5) is 63.5. The molecule has 38 heavy (non-hydrogen) atoms. The fraction of sp³-hybridized carbons (Fsp3) is 0. The molecule has 0 bridgehead atoms. The molecule has 0 unspecified atom stereocenters. The van der Waals surface area contributed by atoms with Crippen molar-refractivity contribution in [2.75, 3.05) is 0 Å². The van der Waals surface area contributed by atoms with Crippen molar-refractivity contribution in [3.05, 3.63) is 94.0 Å². The largest absolute Gasteiger partial charge is 0.504 e. The molecule has 0 fully saturated rings. The molecule has 0 spiro atoms. The number of carboxylic acids is 6. The van der Waals surface area contributed by atoms with Gasteiger partial charge in [0.05, 0.1) is 33.4 Å². The summed E-state index contributed by atoms with van der Waals surface area (Å²) in [6, 6.07) is 11.8. The first kappa shape index (κ1) is 30.1. The number of para-hydroxylation sites is 2. The van der Waals surface area contributed by atoms with Gasteiger partial charge in [-0.2, -0.15) is 0 Å². The molecular formula is C24H18O14. The Morgan fingerprint density at radius 2 is 0.684 bits per heavy atom. The summed E-state index contributed by atoms with van der Waals surface area (Å²) in [6.07, 6.45) is 0. The second kappa shape index (κ2) is 13.2. The van der Waals surface area contributed by atoms with E-state index < -0.39 is 58.1 Å². The Hall–Kier alpha value is -5.92. The normalized spacial score (nSPS) is 9.47. The predicted octanol–water partition coefficient (Wildman–Crippen LogP) is 2.66. The molecule has 14 heteroatoms. The Bertz CT molecular complexity index is 1300. The molecular weight excluding hydrogens is 512 g/mol. The van der Waals surface area contributed by atoms with E-state index in [-0.39, 0.29) is 22.6 Å². The van der Waals surface area contributed by atoms with Gasteiger partial charge in [0, 0.05) is 0 Å². The minimum absolute atomic E-state index is 0.0764. The van der Waals surface area contributed by atoms with E-state index >= 15 is 0 Å². The van der Waals surface area contributed by atoms with Gasteiger partial charge in [-0.15, -0.1) is 0 Å². The monoisotopic (exact) mass is 530 g/mol. The van der Waals surface area contributed by atoms with Crippen molar-refractivity contribution < 1.29 is 69.6 Å². The number of hydrogen-bond donors (Lipinski definition) is 8. The zero-order chi connectivity index (χ0) is 29.2. The van der Waals surface area contributed by atoms with Gasteiger partial charge in [-0.3, -0.25) is 0 Å². The molecule has 0 radical (unpaired) electrons. The van der Waals surface area contributed by atoms with E-state index in [1.807, 2.05) is 0 Å². The Kier molecular flexibility index (Phi) is 10.5. The number of carbonyl (C=O) groups is 6. The first-order chi connectivity index (χ1) is 17.7. The average molecular weight is 530 g/mol. The first-order valence-electron chi connectivity index (χ1n) is 9.82. The summed E-state index contributed by atoms with van der Waals surface area (Å²) in [5.41, 5.74) is -2.49. The SMILES string of the molecule is O=C(O)c1ccc(C(=O)O)c(C(=O)O)c1.O=C(O)c1ccc(C(=O)O)c(C(=O)O)c1.Oc1ccccc1O. The Balaban J connectivity index is 0.000000298. The molecule has 3 rings (SSSR count). The number of aromatic carboxylic acids is 6. The third-order valence-corrected chi connectivity index (χ3v) is 4.34. The maximum Gasteiger partial charge on any atom is 0.336 e. The van der Waals surface area contributed by atoms with Gasteiger partial charge in [-0.1, -0.05) is 12.1 Å². The van der Waals surface area contributed by atoms with Crippen LogP contribution in [0.25, 0.3) is 0 Å². The predicted molar refractivity (Wildman–Crippen MR) is 124 cm³/mol. The third kappa shape index (κ3) is 8.38. The van der Waals surface area contributed by atoms with Gasteiger partial charge in [0.15, 0.2) is 11.5 Å². The number of aromatic hydroxyl groups is 2. The van der Waals surface area contributed by atoms with Crippen molar-refractivity contribution in [1.29, 1.82) is 0 Å². The van der Waals surface area contributed by atoms with E-state index in [0.717, 1.165) is 36.4 Å². The molecule has 0 saturated heterocycles. The average Bonchev–Trinajstić information content (AvgIpc) is 2.85. The van der Waals surface area contributed by atoms with Crippen LogP contribution in [0.1, 0.15) is 62.1 Å². The molecule has 0 aliphatic heterocycles. The minimum Gasteiger partial charge on any atom is -0.504 e. The van der Waals surface area contributed by atoms with Crippen LogP contribution in [0.5, 0.6) is 11.5 Å². The van der Waals surface area contributed by atoms with Crippen molar-refractivity contribution in [2.24, 2.45) is 0 Å². The van der Waals surface area contributed by atoms with Gasteiger partial charge in [-0.05, 0) is 48.5 Å². The molecule has 3 aromatic carbocycles. The van der Waals surface area contributed by atoms with E-state index in [0.29, 0.717) is 0 Å². The van der Waals surface area contributed by atoms with Crippen molar-refractivity contribution in [3.8, 4) is 11.5 Å². The van der Waals surface area contributed by atoms with Crippen LogP contribution in [0.2, 0.25) is 0 Å². The van der Waals surface area contributed by atoms with E-state index in [1.54, 1.807) is 12.1 Å². The second-order valence-corrected chi connectivity index (χ2v) is 6.84. The molecule has 14 nitrogen and oxygen atoms in total. The van der Waals surface area contributed by atoms with Crippen LogP contribution in [-0.2, 0) is 0 Å². The second-order valence-electron chi connectivity index (χ2n) is 6.84. The lowest BCUT2D eigenvalue weighted by molar-refractivity contribution is 0.0648. The molecule has 0 aliphatic rings. The van der Waals surface area contributed by atoms with Crippen LogP contribution in [0.15, 0.2) is 60.7 Å². The Labute approximate surface area is 211 Å². The Morgan fingerprint density at radius 3 is 0.895 bits per heavy atom. The van der Waals surface area contributed by atoms with Gasteiger partial charge in [0.1, 0.15) is 0 Å². The molecule has 0 aliphatic carbocycles. The lowest BCUT2D eigenvalue weighted by Gasteiger charge is -2.02. The maximum absolute atomic E-state index is 10.6.